The van der Waals surface area contributed by atoms with Gasteiger partial charge >= 0.3 is 0 Å². The zero-order valence-electron chi connectivity index (χ0n) is 15.9. The van der Waals surface area contributed by atoms with Crippen LogP contribution in [0.5, 0.6) is 0 Å². The summed E-state index contributed by atoms with van der Waals surface area (Å²) in [5, 5.41) is 17.8. The second-order valence-corrected chi connectivity index (χ2v) is 7.83. The van der Waals surface area contributed by atoms with Gasteiger partial charge in [0.25, 0.3) is 0 Å². The number of nitrogens with zero attached hydrogens (tertiary/aromatic N) is 4. The number of halogens is 2. The molecule has 0 amide bonds. The molecule has 1 saturated heterocycles. The molecule has 28 heavy (non-hydrogen) atoms. The van der Waals surface area contributed by atoms with Crippen LogP contribution in [0.25, 0.3) is 22.4 Å². The van der Waals surface area contributed by atoms with Crippen LogP contribution >= 0.6 is 0 Å². The normalized spacial score (nSPS) is 22.9. The lowest BCUT2D eigenvalue weighted by Gasteiger charge is -2.42. The fourth-order valence-electron chi connectivity index (χ4n) is 3.93. The summed E-state index contributed by atoms with van der Waals surface area (Å²) in [6.07, 6.45) is 1.17. The third-order valence-electron chi connectivity index (χ3n) is 5.19. The topological polar surface area (TPSA) is 77.9 Å². The Morgan fingerprint density at radius 2 is 2.18 bits per heavy atom. The summed E-state index contributed by atoms with van der Waals surface area (Å²) < 4.78 is 29.9. The Hall–Kier alpha value is -2.61. The number of aliphatic hydroxyl groups excluding tert-OH is 1. The number of piperidine rings is 1. The molecule has 1 fully saturated rings. The van der Waals surface area contributed by atoms with Crippen molar-refractivity contribution in [3.8, 4) is 11.4 Å². The van der Waals surface area contributed by atoms with Gasteiger partial charge < -0.3 is 10.0 Å². The minimum absolute atomic E-state index is 0.0235. The number of H-pyrrole nitrogens is 1. The third-order valence-corrected chi connectivity index (χ3v) is 5.19. The van der Waals surface area contributed by atoms with E-state index in [0.717, 1.165) is 0 Å². The predicted molar refractivity (Wildman–Crippen MR) is 103 cm³/mol. The summed E-state index contributed by atoms with van der Waals surface area (Å²) in [5.74, 6) is 0.0878. The highest BCUT2D eigenvalue weighted by molar-refractivity contribution is 5.89. The highest BCUT2D eigenvalue weighted by Crippen LogP contribution is 2.35. The van der Waals surface area contributed by atoms with E-state index >= 15 is 4.39 Å². The average molecular weight is 387 g/mol. The molecule has 0 aliphatic carbocycles. The van der Waals surface area contributed by atoms with Gasteiger partial charge in [0.15, 0.2) is 17.1 Å². The molecule has 0 unspecified atom stereocenters. The van der Waals surface area contributed by atoms with Gasteiger partial charge in [0, 0.05) is 18.1 Å². The Morgan fingerprint density at radius 1 is 1.36 bits per heavy atom. The van der Waals surface area contributed by atoms with Crippen molar-refractivity contribution in [2.45, 2.75) is 38.5 Å². The van der Waals surface area contributed by atoms with Crippen molar-refractivity contribution >= 4 is 16.9 Å². The van der Waals surface area contributed by atoms with Crippen LogP contribution in [0.4, 0.5) is 14.6 Å². The smallest absolute Gasteiger partial charge is 0.181 e. The quantitative estimate of drug-likeness (QED) is 0.717. The van der Waals surface area contributed by atoms with Crippen LogP contribution in [-0.2, 0) is 0 Å². The lowest BCUT2D eigenvalue weighted by Crippen LogP contribution is -2.55. The van der Waals surface area contributed by atoms with Crippen LogP contribution in [0.15, 0.2) is 30.5 Å². The Bertz CT molecular complexity index is 992. The van der Waals surface area contributed by atoms with E-state index in [1.54, 1.807) is 29.3 Å². The summed E-state index contributed by atoms with van der Waals surface area (Å²) in [5.41, 5.74) is -0.682. The average Bonchev–Trinajstić information content (AvgIpc) is 3.08. The molecular formula is C20H23F2N5O. The van der Waals surface area contributed by atoms with Gasteiger partial charge in [0.2, 0.25) is 0 Å². The van der Waals surface area contributed by atoms with Crippen LogP contribution in [0.1, 0.15) is 26.7 Å². The molecule has 2 N–H and O–H groups in total. The number of rotatable bonds is 4. The molecule has 0 spiro atoms. The van der Waals surface area contributed by atoms with E-state index in [2.05, 4.69) is 20.2 Å². The number of pyridine rings is 2. The lowest BCUT2D eigenvalue weighted by molar-refractivity contribution is -0.0340. The number of alkyl halides is 1. The molecule has 3 aromatic rings. The fourth-order valence-corrected chi connectivity index (χ4v) is 3.93. The molecule has 4 rings (SSSR count). The summed E-state index contributed by atoms with van der Waals surface area (Å²) in [6.45, 7) is 4.33. The first-order valence-corrected chi connectivity index (χ1v) is 9.45. The third kappa shape index (κ3) is 3.32. The number of aliphatic hydroxyl groups is 1. The molecule has 0 aromatic carbocycles. The molecular weight excluding hydrogens is 364 g/mol. The first-order chi connectivity index (χ1) is 13.4. The molecule has 6 nitrogen and oxygen atoms in total. The maximum Gasteiger partial charge on any atom is 0.181 e. The van der Waals surface area contributed by atoms with Crippen LogP contribution < -0.4 is 4.90 Å². The Morgan fingerprint density at radius 3 is 2.96 bits per heavy atom. The first kappa shape index (κ1) is 18.7. The number of aromatic nitrogens is 4. The number of hydrogen-bond acceptors (Lipinski definition) is 5. The molecule has 4 heterocycles. The van der Waals surface area contributed by atoms with Gasteiger partial charge in [0.05, 0.1) is 18.3 Å². The highest BCUT2D eigenvalue weighted by atomic mass is 19.1. The Kier molecular flexibility index (Phi) is 4.74. The maximum absolute atomic E-state index is 15.4. The van der Waals surface area contributed by atoms with Crippen molar-refractivity contribution in [2.24, 2.45) is 5.92 Å². The molecule has 0 saturated carbocycles. The zero-order chi connectivity index (χ0) is 19.9. The van der Waals surface area contributed by atoms with Gasteiger partial charge in [-0.1, -0.05) is 13.8 Å². The molecule has 2 atom stereocenters. The van der Waals surface area contributed by atoms with E-state index in [1.807, 2.05) is 13.8 Å². The summed E-state index contributed by atoms with van der Waals surface area (Å²) in [7, 11) is 0. The summed E-state index contributed by atoms with van der Waals surface area (Å²) >= 11 is 0. The van der Waals surface area contributed by atoms with Crippen molar-refractivity contribution in [2.75, 3.05) is 18.0 Å². The van der Waals surface area contributed by atoms with Crippen LogP contribution in [0, 0.1) is 11.7 Å². The lowest BCUT2D eigenvalue weighted by atomic mass is 9.84. The van der Waals surface area contributed by atoms with Gasteiger partial charge in [-0.2, -0.15) is 5.10 Å². The van der Waals surface area contributed by atoms with E-state index in [9.17, 15) is 9.50 Å². The second-order valence-electron chi connectivity index (χ2n) is 7.83. The number of nitrogens with one attached hydrogen (secondary N) is 1. The minimum atomic E-state index is -1.72. The monoisotopic (exact) mass is 387 g/mol. The van der Waals surface area contributed by atoms with Crippen molar-refractivity contribution in [1.29, 1.82) is 0 Å². The molecule has 8 heteroatoms. The summed E-state index contributed by atoms with van der Waals surface area (Å²) in [6, 6.07) is 6.41. The van der Waals surface area contributed by atoms with Gasteiger partial charge in [-0.05, 0) is 43.0 Å². The van der Waals surface area contributed by atoms with Crippen LogP contribution in [0.3, 0.4) is 0 Å². The predicted octanol–water partition coefficient (Wildman–Crippen LogP) is 3.48. The minimum Gasteiger partial charge on any atom is -0.390 e. The van der Waals surface area contributed by atoms with Gasteiger partial charge in [-0.15, -0.1) is 0 Å². The SMILES string of the molecule is CC(C)C[C@]1(F)CN(c2ccc(F)c(-c3[nH]nc4ncccc34)n2)CC[C@@H]1O. The second kappa shape index (κ2) is 7.09. The Labute approximate surface area is 161 Å². The number of anilines is 1. The van der Waals surface area contributed by atoms with Crippen LogP contribution in [0.2, 0.25) is 0 Å². The first-order valence-electron chi connectivity index (χ1n) is 9.45. The van der Waals surface area contributed by atoms with E-state index < -0.39 is 17.6 Å². The summed E-state index contributed by atoms with van der Waals surface area (Å²) in [4.78, 5) is 10.4. The van der Waals surface area contributed by atoms with Gasteiger partial charge in [-0.25, -0.2) is 18.7 Å². The van der Waals surface area contributed by atoms with E-state index in [0.29, 0.717) is 35.5 Å². The van der Waals surface area contributed by atoms with Crippen molar-refractivity contribution in [3.05, 3.63) is 36.3 Å². The van der Waals surface area contributed by atoms with Crippen molar-refractivity contribution < 1.29 is 13.9 Å². The molecule has 148 valence electrons. The van der Waals surface area contributed by atoms with Crippen molar-refractivity contribution in [3.63, 3.8) is 0 Å². The number of aromatic amines is 1. The van der Waals surface area contributed by atoms with Crippen molar-refractivity contribution in [1.82, 2.24) is 20.2 Å². The van der Waals surface area contributed by atoms with Gasteiger partial charge in [0.1, 0.15) is 11.5 Å². The fraction of sp³-hybridized carbons (Fsp3) is 0.450. The number of hydrogen-bond donors (Lipinski definition) is 2. The largest absolute Gasteiger partial charge is 0.390 e. The van der Waals surface area contributed by atoms with E-state index in [4.69, 9.17) is 0 Å². The molecule has 0 radical (unpaired) electrons. The van der Waals surface area contributed by atoms with Gasteiger partial charge in [-0.3, -0.25) is 5.10 Å². The molecule has 3 aromatic heterocycles. The standard InChI is InChI=1S/C20H23F2N5O/c1-12(2)10-20(22)11-27(9-7-15(20)28)16-6-5-14(21)18(24-16)17-13-4-3-8-23-19(13)26-25-17/h3-6,8,12,15,28H,7,9-11H2,1-2H3,(H,23,25,26)/t15-,20-/m0/s1. The highest BCUT2D eigenvalue weighted by Gasteiger charge is 2.44. The molecule has 1 aliphatic heterocycles. The zero-order valence-corrected chi connectivity index (χ0v) is 15.9. The maximum atomic E-state index is 15.4. The molecule has 0 bridgehead atoms. The molecule has 1 aliphatic rings. The van der Waals surface area contributed by atoms with E-state index in [-0.39, 0.29) is 24.6 Å². The Balaban J connectivity index is 1.69. The van der Waals surface area contributed by atoms with Crippen LogP contribution in [-0.4, -0.2) is 50.1 Å². The number of fused-ring (bicyclic) bond motifs is 1. The van der Waals surface area contributed by atoms with E-state index in [1.165, 1.54) is 6.07 Å².